The maximum Gasteiger partial charge on any atom is 0.333 e. The molecule has 4 amide bonds. The summed E-state index contributed by atoms with van der Waals surface area (Å²) in [6.07, 6.45) is 7.39. The zero-order valence-corrected chi connectivity index (χ0v) is 18.3. The van der Waals surface area contributed by atoms with Crippen LogP contribution >= 0.6 is 0 Å². The van der Waals surface area contributed by atoms with Crippen molar-refractivity contribution in [3.63, 3.8) is 0 Å². The average Bonchev–Trinajstić information content (AvgIpc) is 3.11. The lowest BCUT2D eigenvalue weighted by molar-refractivity contribution is -0.196. The van der Waals surface area contributed by atoms with E-state index in [1.165, 1.54) is 17.1 Å². The highest BCUT2D eigenvalue weighted by Gasteiger charge is 2.31. The molecule has 32 heavy (non-hydrogen) atoms. The Balaban J connectivity index is 1.54. The van der Waals surface area contributed by atoms with Crippen molar-refractivity contribution in [2.45, 2.75) is 64.7 Å². The van der Waals surface area contributed by atoms with Crippen LogP contribution in [-0.4, -0.2) is 59.2 Å². The first-order valence-corrected chi connectivity index (χ1v) is 11.0. The minimum atomic E-state index is -0.666. The third-order valence-electron chi connectivity index (χ3n) is 5.64. The van der Waals surface area contributed by atoms with E-state index >= 15 is 0 Å². The topological polar surface area (TPSA) is 127 Å². The van der Waals surface area contributed by atoms with Crippen LogP contribution in [0.3, 0.4) is 0 Å². The van der Waals surface area contributed by atoms with E-state index in [1.54, 1.807) is 6.92 Å². The molecule has 0 atom stereocenters. The molecule has 2 aliphatic rings. The minimum Gasteiger partial charge on any atom is -0.465 e. The summed E-state index contributed by atoms with van der Waals surface area (Å²) >= 11 is 0. The Kier molecular flexibility index (Phi) is 10.0. The quantitative estimate of drug-likeness (QED) is 0.153. The molecule has 0 aromatic carbocycles. The molecule has 10 heteroatoms. The van der Waals surface area contributed by atoms with Gasteiger partial charge in [-0.15, -0.1) is 5.06 Å². The molecular weight excluding hydrogens is 420 g/mol. The Morgan fingerprint density at radius 1 is 1.06 bits per heavy atom. The lowest BCUT2D eigenvalue weighted by Gasteiger charge is -2.29. The van der Waals surface area contributed by atoms with Gasteiger partial charge in [-0.3, -0.25) is 28.9 Å². The monoisotopic (exact) mass is 450 g/mol. The third kappa shape index (κ3) is 7.58. The number of imide groups is 2. The van der Waals surface area contributed by atoms with Gasteiger partial charge < -0.3 is 9.57 Å². The fourth-order valence-electron chi connectivity index (χ4n) is 3.73. The summed E-state index contributed by atoms with van der Waals surface area (Å²) in [5.74, 6) is -2.02. The van der Waals surface area contributed by atoms with E-state index < -0.39 is 11.9 Å². The highest BCUT2D eigenvalue weighted by Crippen LogP contribution is 2.30. The average molecular weight is 450 g/mol. The van der Waals surface area contributed by atoms with Gasteiger partial charge in [-0.05, 0) is 50.9 Å². The molecule has 1 fully saturated rings. The van der Waals surface area contributed by atoms with E-state index in [1.807, 2.05) is 0 Å². The van der Waals surface area contributed by atoms with Gasteiger partial charge in [0.05, 0.1) is 12.5 Å². The van der Waals surface area contributed by atoms with Crippen molar-refractivity contribution in [2.24, 2.45) is 11.8 Å². The van der Waals surface area contributed by atoms with Crippen molar-refractivity contribution in [1.29, 1.82) is 0 Å². The second-order valence-electron chi connectivity index (χ2n) is 7.96. The summed E-state index contributed by atoms with van der Waals surface area (Å²) in [5.41, 5.74) is 0. The number of amides is 4. The van der Waals surface area contributed by atoms with Crippen LogP contribution in [0.25, 0.3) is 0 Å². The molecule has 0 saturated heterocycles. The van der Waals surface area contributed by atoms with Gasteiger partial charge in [0.1, 0.15) is 0 Å². The summed E-state index contributed by atoms with van der Waals surface area (Å²) in [7, 11) is 0. The molecule has 2 rings (SSSR count). The smallest absolute Gasteiger partial charge is 0.333 e. The summed E-state index contributed by atoms with van der Waals surface area (Å²) < 4.78 is 5.34. The molecule has 1 aliphatic carbocycles. The van der Waals surface area contributed by atoms with Gasteiger partial charge in [0.15, 0.2) is 0 Å². The summed E-state index contributed by atoms with van der Waals surface area (Å²) in [6.45, 7) is 2.20. The molecule has 0 spiro atoms. The first-order valence-electron chi connectivity index (χ1n) is 11.0. The second-order valence-corrected chi connectivity index (χ2v) is 7.96. The molecule has 0 aromatic heterocycles. The van der Waals surface area contributed by atoms with Gasteiger partial charge in [0.25, 0.3) is 24.1 Å². The molecule has 0 aromatic rings. The van der Waals surface area contributed by atoms with Gasteiger partial charge in [-0.2, -0.15) is 0 Å². The Bertz CT molecular complexity index is 737. The fraction of sp³-hybridized carbons (Fsp3) is 0.636. The van der Waals surface area contributed by atoms with Crippen molar-refractivity contribution >= 4 is 36.1 Å². The van der Waals surface area contributed by atoms with Crippen LogP contribution in [0.1, 0.15) is 64.7 Å². The van der Waals surface area contributed by atoms with Gasteiger partial charge in [-0.25, -0.2) is 4.79 Å². The summed E-state index contributed by atoms with van der Waals surface area (Å²) in [6, 6.07) is 0. The minimum absolute atomic E-state index is 0.0499. The largest absolute Gasteiger partial charge is 0.465 e. The van der Waals surface area contributed by atoms with Crippen LogP contribution in [0.15, 0.2) is 12.2 Å². The van der Waals surface area contributed by atoms with E-state index in [2.05, 4.69) is 4.84 Å². The first kappa shape index (κ1) is 25.2. The van der Waals surface area contributed by atoms with Crippen LogP contribution < -0.4 is 0 Å². The van der Waals surface area contributed by atoms with E-state index in [-0.39, 0.29) is 55.5 Å². The van der Waals surface area contributed by atoms with E-state index in [0.717, 1.165) is 12.8 Å². The molecular formula is C22H30N2O8. The Morgan fingerprint density at radius 2 is 1.72 bits per heavy atom. The van der Waals surface area contributed by atoms with Gasteiger partial charge >= 0.3 is 11.9 Å². The van der Waals surface area contributed by atoms with Crippen molar-refractivity contribution in [3.8, 4) is 0 Å². The zero-order valence-electron chi connectivity index (χ0n) is 18.3. The molecule has 176 valence electrons. The molecule has 0 unspecified atom stereocenters. The van der Waals surface area contributed by atoms with Crippen LogP contribution in [0, 0.1) is 11.8 Å². The highest BCUT2D eigenvalue weighted by molar-refractivity contribution is 6.12. The number of carbonyl (C=O) groups is 6. The molecule has 1 aliphatic heterocycles. The number of hydrogen-bond donors (Lipinski definition) is 0. The molecule has 10 nitrogen and oxygen atoms in total. The van der Waals surface area contributed by atoms with Crippen molar-refractivity contribution in [1.82, 2.24) is 9.96 Å². The fourth-order valence-corrected chi connectivity index (χ4v) is 3.73. The van der Waals surface area contributed by atoms with Crippen LogP contribution in [0.2, 0.25) is 0 Å². The number of unbranched alkanes of at least 4 members (excludes halogenated alkanes) is 2. The number of hydroxylamine groups is 2. The summed E-state index contributed by atoms with van der Waals surface area (Å²) in [5, 5.41) is 0.399. The van der Waals surface area contributed by atoms with E-state index in [9.17, 15) is 28.8 Å². The lowest BCUT2D eigenvalue weighted by atomic mass is 9.82. The third-order valence-corrected chi connectivity index (χ3v) is 5.64. The van der Waals surface area contributed by atoms with Crippen molar-refractivity contribution < 1.29 is 38.3 Å². The van der Waals surface area contributed by atoms with Crippen LogP contribution in [-0.2, 0) is 38.3 Å². The Labute approximate surface area is 186 Å². The Morgan fingerprint density at radius 3 is 2.31 bits per heavy atom. The lowest BCUT2D eigenvalue weighted by Crippen LogP contribution is -2.36. The van der Waals surface area contributed by atoms with E-state index in [4.69, 9.17) is 4.74 Å². The Hall–Kier alpha value is -3.04. The molecule has 1 heterocycles. The predicted molar refractivity (Wildman–Crippen MR) is 110 cm³/mol. The van der Waals surface area contributed by atoms with E-state index in [0.29, 0.717) is 43.7 Å². The van der Waals surface area contributed by atoms with Crippen LogP contribution in [0.5, 0.6) is 0 Å². The maximum atomic E-state index is 12.2. The standard InChI is InChI=1S/C22H30N2O8/c1-2-18(26)24(15-25)32-21(29)6-4-3-5-13-31-22(30)17-9-7-16(8-10-17)14-23-19(27)11-12-20(23)28/h11-12,15-17H,2-10,13-14H2,1H3. The zero-order chi connectivity index (χ0) is 23.5. The second kappa shape index (κ2) is 12.7. The number of ether oxygens (including phenoxy) is 1. The predicted octanol–water partition coefficient (Wildman–Crippen LogP) is 1.67. The SMILES string of the molecule is CCC(=O)N(C=O)OC(=O)CCCCCOC(=O)C1CCC(CN2C(=O)C=CC2=O)CC1. The number of hydrogen-bond acceptors (Lipinski definition) is 8. The van der Waals surface area contributed by atoms with Crippen LogP contribution in [0.4, 0.5) is 0 Å². The maximum absolute atomic E-state index is 12.2. The molecule has 0 N–H and O–H groups in total. The molecule has 1 saturated carbocycles. The molecule has 0 radical (unpaired) electrons. The molecule has 0 bridgehead atoms. The summed E-state index contributed by atoms with van der Waals surface area (Å²) in [4.78, 5) is 75.2. The highest BCUT2D eigenvalue weighted by atomic mass is 16.7. The number of carbonyl (C=O) groups excluding carboxylic acids is 6. The van der Waals surface area contributed by atoms with Crippen molar-refractivity contribution in [2.75, 3.05) is 13.2 Å². The number of esters is 1. The normalized spacial score (nSPS) is 20.2. The number of nitrogens with zero attached hydrogens (tertiary/aromatic N) is 2. The van der Waals surface area contributed by atoms with Gasteiger partial charge in [0.2, 0.25) is 0 Å². The van der Waals surface area contributed by atoms with Gasteiger partial charge in [0, 0.05) is 31.5 Å². The van der Waals surface area contributed by atoms with Gasteiger partial charge in [-0.1, -0.05) is 6.92 Å². The number of rotatable bonds is 11. The van der Waals surface area contributed by atoms with Crippen molar-refractivity contribution in [3.05, 3.63) is 12.2 Å². The first-order chi connectivity index (χ1) is 15.3.